The molecule has 0 aliphatic heterocycles. The molecule has 0 atom stereocenters. The molecular weight excluding hydrogens is 201 g/mol. The normalized spacial score (nSPS) is 10.4. The maximum absolute atomic E-state index is 13.5. The summed E-state index contributed by atoms with van der Waals surface area (Å²) in [5.74, 6) is -0.490. The molecule has 82 valence electrons. The van der Waals surface area contributed by atoms with Crippen LogP contribution in [0.2, 0.25) is 0 Å². The number of methoxy groups -OCH3 is 2. The minimum Gasteiger partial charge on any atom is -0.352 e. The van der Waals surface area contributed by atoms with Gasteiger partial charge in [0.05, 0.1) is 0 Å². The van der Waals surface area contributed by atoms with Crippen molar-refractivity contribution in [3.05, 3.63) is 29.6 Å². The van der Waals surface area contributed by atoms with Crippen LogP contribution in [0.25, 0.3) is 0 Å². The lowest BCUT2D eigenvalue weighted by molar-refractivity contribution is -0.107. The number of hydrogen-bond donors (Lipinski definition) is 1. The van der Waals surface area contributed by atoms with Crippen molar-refractivity contribution >= 4 is 12.1 Å². The number of anilines is 1. The number of hydrogen-bond acceptors (Lipinski definition) is 3. The first kappa shape index (κ1) is 11.6. The molecule has 1 aromatic carbocycles. The summed E-state index contributed by atoms with van der Waals surface area (Å²) in [4.78, 5) is 10.1. The van der Waals surface area contributed by atoms with Crippen LogP contribution in [-0.4, -0.2) is 20.6 Å². The topological polar surface area (TPSA) is 47.6 Å². The number of ether oxygens (including phenoxy) is 2. The average Bonchev–Trinajstić information content (AvgIpc) is 2.23. The lowest BCUT2D eigenvalue weighted by Gasteiger charge is -2.14. The van der Waals surface area contributed by atoms with E-state index in [0.29, 0.717) is 12.1 Å². The van der Waals surface area contributed by atoms with E-state index in [9.17, 15) is 9.18 Å². The number of amides is 1. The molecule has 0 saturated carbocycles. The zero-order valence-corrected chi connectivity index (χ0v) is 8.49. The SMILES string of the molecule is COC(OC)c1ccc(NC=O)cc1F. The highest BCUT2D eigenvalue weighted by Crippen LogP contribution is 2.23. The van der Waals surface area contributed by atoms with E-state index in [-0.39, 0.29) is 5.56 Å². The van der Waals surface area contributed by atoms with Gasteiger partial charge >= 0.3 is 0 Å². The third kappa shape index (κ3) is 2.74. The summed E-state index contributed by atoms with van der Waals surface area (Å²) in [6.45, 7) is 0. The summed E-state index contributed by atoms with van der Waals surface area (Å²) in [6.07, 6.45) is -0.256. The fraction of sp³-hybridized carbons (Fsp3) is 0.300. The molecule has 0 aliphatic carbocycles. The van der Waals surface area contributed by atoms with Crippen molar-refractivity contribution in [3.63, 3.8) is 0 Å². The maximum atomic E-state index is 13.5. The number of benzene rings is 1. The Hall–Kier alpha value is -1.46. The van der Waals surface area contributed by atoms with E-state index in [1.807, 2.05) is 0 Å². The second kappa shape index (κ2) is 5.43. The Labute approximate surface area is 87.0 Å². The van der Waals surface area contributed by atoms with Crippen LogP contribution < -0.4 is 5.32 Å². The minimum absolute atomic E-state index is 0.288. The molecule has 0 heterocycles. The zero-order valence-electron chi connectivity index (χ0n) is 8.49. The Balaban J connectivity index is 2.96. The molecule has 0 unspecified atom stereocenters. The first-order valence-corrected chi connectivity index (χ1v) is 4.28. The summed E-state index contributed by atoms with van der Waals surface area (Å²) < 4.78 is 23.3. The molecule has 0 saturated heterocycles. The Morgan fingerprint density at radius 1 is 1.40 bits per heavy atom. The van der Waals surface area contributed by atoms with E-state index >= 15 is 0 Å². The molecule has 4 nitrogen and oxygen atoms in total. The van der Waals surface area contributed by atoms with Crippen LogP contribution in [0.5, 0.6) is 0 Å². The number of halogens is 1. The summed E-state index contributed by atoms with van der Waals surface area (Å²) in [6, 6.07) is 4.27. The van der Waals surface area contributed by atoms with Gasteiger partial charge in [-0.2, -0.15) is 0 Å². The number of rotatable bonds is 5. The summed E-state index contributed by atoms with van der Waals surface area (Å²) in [5, 5.41) is 2.35. The predicted molar refractivity (Wildman–Crippen MR) is 52.8 cm³/mol. The molecular formula is C10H12FNO3. The fourth-order valence-electron chi connectivity index (χ4n) is 1.23. The molecule has 0 bridgehead atoms. The van der Waals surface area contributed by atoms with E-state index in [2.05, 4.69) is 5.32 Å². The number of nitrogens with one attached hydrogen (secondary N) is 1. The van der Waals surface area contributed by atoms with Gasteiger partial charge in [-0.05, 0) is 18.2 Å². The van der Waals surface area contributed by atoms with Crippen molar-refractivity contribution in [3.8, 4) is 0 Å². The third-order valence-electron chi connectivity index (χ3n) is 1.91. The molecule has 0 aliphatic rings. The van der Waals surface area contributed by atoms with Crippen molar-refractivity contribution in [1.29, 1.82) is 0 Å². The lowest BCUT2D eigenvalue weighted by atomic mass is 10.2. The van der Waals surface area contributed by atoms with Crippen molar-refractivity contribution in [2.24, 2.45) is 0 Å². The molecule has 0 spiro atoms. The van der Waals surface area contributed by atoms with E-state index in [1.165, 1.54) is 26.4 Å². The van der Waals surface area contributed by atoms with Crippen molar-refractivity contribution in [1.82, 2.24) is 0 Å². The first-order chi connectivity index (χ1) is 7.22. The van der Waals surface area contributed by atoms with E-state index in [0.717, 1.165) is 0 Å². The molecule has 1 amide bonds. The maximum Gasteiger partial charge on any atom is 0.211 e. The van der Waals surface area contributed by atoms with E-state index in [1.54, 1.807) is 6.07 Å². The van der Waals surface area contributed by atoms with Crippen LogP contribution in [0.1, 0.15) is 11.9 Å². The van der Waals surface area contributed by atoms with Gasteiger partial charge in [0.1, 0.15) is 5.82 Å². The Morgan fingerprint density at radius 3 is 2.53 bits per heavy atom. The van der Waals surface area contributed by atoms with Gasteiger partial charge in [0, 0.05) is 25.5 Å². The summed E-state index contributed by atoms with van der Waals surface area (Å²) in [5.41, 5.74) is 0.675. The third-order valence-corrected chi connectivity index (χ3v) is 1.91. The van der Waals surface area contributed by atoms with Crippen LogP contribution in [-0.2, 0) is 14.3 Å². The van der Waals surface area contributed by atoms with Crippen LogP contribution >= 0.6 is 0 Å². The molecule has 1 rings (SSSR count). The standard InChI is InChI=1S/C10H12FNO3/c1-14-10(15-2)8-4-3-7(12-6-13)5-9(8)11/h3-6,10H,1-2H3,(H,12,13). The van der Waals surface area contributed by atoms with Crippen LogP contribution in [0.4, 0.5) is 10.1 Å². The summed E-state index contributed by atoms with van der Waals surface area (Å²) in [7, 11) is 2.84. The van der Waals surface area contributed by atoms with E-state index < -0.39 is 12.1 Å². The van der Waals surface area contributed by atoms with Gasteiger partial charge in [0.2, 0.25) is 6.41 Å². The number of carbonyl (C=O) groups is 1. The quantitative estimate of drug-likeness (QED) is 0.598. The molecule has 0 aromatic heterocycles. The highest BCUT2D eigenvalue weighted by molar-refractivity contribution is 5.71. The predicted octanol–water partition coefficient (Wildman–Crippen LogP) is 1.69. The highest BCUT2D eigenvalue weighted by Gasteiger charge is 2.14. The average molecular weight is 213 g/mol. The molecule has 1 aromatic rings. The van der Waals surface area contributed by atoms with Gasteiger partial charge in [-0.3, -0.25) is 4.79 Å². The van der Waals surface area contributed by atoms with Gasteiger partial charge < -0.3 is 14.8 Å². The molecule has 15 heavy (non-hydrogen) atoms. The first-order valence-electron chi connectivity index (χ1n) is 4.28. The van der Waals surface area contributed by atoms with E-state index in [4.69, 9.17) is 9.47 Å². The second-order valence-electron chi connectivity index (χ2n) is 2.80. The van der Waals surface area contributed by atoms with Crippen molar-refractivity contribution < 1.29 is 18.7 Å². The van der Waals surface area contributed by atoms with Crippen molar-refractivity contribution in [2.45, 2.75) is 6.29 Å². The second-order valence-corrected chi connectivity index (χ2v) is 2.80. The van der Waals surface area contributed by atoms with Gasteiger partial charge in [0.25, 0.3) is 0 Å². The summed E-state index contributed by atoms with van der Waals surface area (Å²) >= 11 is 0. The zero-order chi connectivity index (χ0) is 11.3. The van der Waals surface area contributed by atoms with Crippen molar-refractivity contribution in [2.75, 3.05) is 19.5 Å². The van der Waals surface area contributed by atoms with Crippen LogP contribution in [0.15, 0.2) is 18.2 Å². The smallest absolute Gasteiger partial charge is 0.211 e. The number of carbonyl (C=O) groups excluding carboxylic acids is 1. The van der Waals surface area contributed by atoms with Gasteiger partial charge in [-0.15, -0.1) is 0 Å². The fourth-order valence-corrected chi connectivity index (χ4v) is 1.23. The van der Waals surface area contributed by atoms with Gasteiger partial charge in [-0.25, -0.2) is 4.39 Å². The largest absolute Gasteiger partial charge is 0.352 e. The minimum atomic E-state index is -0.740. The monoisotopic (exact) mass is 213 g/mol. The highest BCUT2D eigenvalue weighted by atomic mass is 19.1. The molecule has 5 heteroatoms. The Bertz CT molecular complexity index is 339. The molecule has 0 fully saturated rings. The lowest BCUT2D eigenvalue weighted by Crippen LogP contribution is -2.06. The van der Waals surface area contributed by atoms with Gasteiger partial charge in [-0.1, -0.05) is 0 Å². The molecule has 1 N–H and O–H groups in total. The van der Waals surface area contributed by atoms with Crippen LogP contribution in [0.3, 0.4) is 0 Å². The van der Waals surface area contributed by atoms with Gasteiger partial charge in [0.15, 0.2) is 6.29 Å². The molecule has 0 radical (unpaired) electrons. The van der Waals surface area contributed by atoms with Crippen LogP contribution in [0, 0.1) is 5.82 Å². The Kier molecular flexibility index (Phi) is 4.20. The Morgan fingerprint density at radius 2 is 2.07 bits per heavy atom.